The predicted molar refractivity (Wildman–Crippen MR) is 92.4 cm³/mol. The van der Waals surface area contributed by atoms with Gasteiger partial charge in [0.15, 0.2) is 6.29 Å². The molecular formula is C14H25Na6O15P3. The largest absolute Gasteiger partial charge is 1.00 e. The fourth-order valence-corrected chi connectivity index (χ4v) is 4.93. The second kappa shape index (κ2) is 27.2. The van der Waals surface area contributed by atoms with Gasteiger partial charge in [0.2, 0.25) is 0 Å². The van der Waals surface area contributed by atoms with Gasteiger partial charge in [-0.3, -0.25) is 0 Å². The Labute approximate surface area is 355 Å². The van der Waals surface area contributed by atoms with Gasteiger partial charge in [0, 0.05) is 0 Å². The Hall–Kier alpha value is 6.21. The minimum absolute atomic E-state index is 0. The number of ether oxygens (including phenoxy) is 2. The number of hydrogen-bond donors (Lipinski definition) is 1. The van der Waals surface area contributed by atoms with Crippen molar-refractivity contribution in [2.45, 2.75) is 70.2 Å². The smallest absolute Gasteiger partial charge is 0.790 e. The van der Waals surface area contributed by atoms with Crippen molar-refractivity contribution in [1.82, 2.24) is 0 Å². The summed E-state index contributed by atoms with van der Waals surface area (Å²) in [6.45, 7) is 2.60. The predicted octanol–water partition coefficient (Wildman–Crippen LogP) is -21.4. The molecule has 0 aliphatic carbocycles. The summed E-state index contributed by atoms with van der Waals surface area (Å²) in [6.07, 6.45) is -8.07. The maximum atomic E-state index is 11.2. The average molecular weight is 664 g/mol. The molecule has 0 unspecified atom stereocenters. The third-order valence-corrected chi connectivity index (χ3v) is 5.92. The second-order valence-electron chi connectivity index (χ2n) is 7.05. The summed E-state index contributed by atoms with van der Waals surface area (Å²) in [5, 5.41) is 9.50. The van der Waals surface area contributed by atoms with E-state index in [1.165, 1.54) is 0 Å². The first-order valence-corrected chi connectivity index (χ1v) is 14.0. The zero-order chi connectivity index (χ0) is 24.7. The molecule has 0 saturated carbocycles. The van der Waals surface area contributed by atoms with Crippen LogP contribution in [0, 0.1) is 5.92 Å². The molecule has 1 aliphatic rings. The molecule has 1 saturated heterocycles. The van der Waals surface area contributed by atoms with Crippen LogP contribution in [0.15, 0.2) is 0 Å². The summed E-state index contributed by atoms with van der Waals surface area (Å²) in [5.41, 5.74) is 0. The molecule has 0 spiro atoms. The van der Waals surface area contributed by atoms with Gasteiger partial charge >= 0.3 is 177 Å². The molecule has 1 fully saturated rings. The van der Waals surface area contributed by atoms with Gasteiger partial charge in [-0.25, -0.2) is 0 Å². The van der Waals surface area contributed by atoms with Crippen LogP contribution in [0.4, 0.5) is 0 Å². The van der Waals surface area contributed by atoms with E-state index >= 15 is 0 Å². The third-order valence-electron chi connectivity index (χ3n) is 4.41. The van der Waals surface area contributed by atoms with Crippen LogP contribution in [-0.2, 0) is 36.7 Å². The van der Waals surface area contributed by atoms with Crippen molar-refractivity contribution in [3.63, 3.8) is 0 Å². The molecule has 1 N–H and O–H groups in total. The molecule has 0 aromatic heterocycles. The first-order valence-electron chi connectivity index (χ1n) is 9.59. The second-order valence-corrected chi connectivity index (χ2v) is 10.4. The fourth-order valence-electron chi connectivity index (χ4n) is 3.32. The Kier molecular flexibility index (Phi) is 40.5. The number of aliphatic hydroxyl groups is 1. The SMILES string of the molecule is CCCC(CCC)CO[C@@H]1O[C@H](CO)[C@@H](OP(=O)([O-])[O-])[C@H](OP(=O)([O-])[O-])[C@H]1OP(=O)([O-])[O-].[Na+].[Na+].[Na+].[Na+].[Na+].[Na+]. The van der Waals surface area contributed by atoms with Crippen molar-refractivity contribution in [1.29, 1.82) is 0 Å². The summed E-state index contributed by atoms with van der Waals surface area (Å²) >= 11 is 0. The average Bonchev–Trinajstić information content (AvgIpc) is 2.60. The molecule has 0 aromatic carbocycles. The van der Waals surface area contributed by atoms with Gasteiger partial charge < -0.3 is 71.2 Å². The van der Waals surface area contributed by atoms with Crippen molar-refractivity contribution in [2.24, 2.45) is 5.92 Å². The van der Waals surface area contributed by atoms with E-state index in [2.05, 4.69) is 13.6 Å². The standard InChI is InChI=1S/C14H31O15P3.6Na/c1-3-5-9(6-4-2)8-25-14-13(29-32(22,23)24)12(28-31(19,20)21)11(10(7-15)26-14)27-30(16,17)18;;;;;;/h9-15H,3-8H2,1-2H3,(H2,16,17,18)(H2,19,20,21)(H2,22,23,24);;;;;;/q;6*+1/p-6/t10-,11-,12+,13-,14-;;;;;;/m1....../s1. The molecule has 1 aliphatic heterocycles. The van der Waals surface area contributed by atoms with Gasteiger partial charge in [0.05, 0.1) is 36.7 Å². The van der Waals surface area contributed by atoms with Gasteiger partial charge in [0.1, 0.15) is 24.4 Å². The van der Waals surface area contributed by atoms with Crippen molar-refractivity contribution < 1.29 is 249 Å². The molecular weight excluding hydrogens is 639 g/mol. The van der Waals surface area contributed by atoms with Gasteiger partial charge in [0.25, 0.3) is 0 Å². The zero-order valence-electron chi connectivity index (χ0n) is 23.2. The van der Waals surface area contributed by atoms with Gasteiger partial charge in [-0.05, 0) is 18.8 Å². The van der Waals surface area contributed by atoms with E-state index in [9.17, 15) is 48.2 Å². The molecule has 24 heteroatoms. The first kappa shape index (κ1) is 56.5. The van der Waals surface area contributed by atoms with E-state index in [0.717, 1.165) is 12.8 Å². The molecule has 38 heavy (non-hydrogen) atoms. The van der Waals surface area contributed by atoms with Crippen molar-refractivity contribution in [3.8, 4) is 0 Å². The Morgan fingerprint density at radius 3 is 1.42 bits per heavy atom. The quantitative estimate of drug-likeness (QED) is 0.134. The van der Waals surface area contributed by atoms with Crippen molar-refractivity contribution in [2.75, 3.05) is 13.2 Å². The van der Waals surface area contributed by atoms with E-state index in [0.29, 0.717) is 12.8 Å². The van der Waals surface area contributed by atoms with Crippen LogP contribution in [0.3, 0.4) is 0 Å². The van der Waals surface area contributed by atoms with Gasteiger partial charge in [-0.2, -0.15) is 0 Å². The molecule has 1 rings (SSSR count). The summed E-state index contributed by atoms with van der Waals surface area (Å²) in [6, 6.07) is 0. The van der Waals surface area contributed by atoms with E-state index in [1.54, 1.807) is 0 Å². The first-order chi connectivity index (χ1) is 14.6. The minimum atomic E-state index is -6.00. The summed E-state index contributed by atoms with van der Waals surface area (Å²) < 4.78 is 56.8. The van der Waals surface area contributed by atoms with Crippen molar-refractivity contribution in [3.05, 3.63) is 0 Å². The Bertz CT molecular complexity index is 719. The maximum absolute atomic E-state index is 11.2. The number of phosphoric ester groups is 3. The van der Waals surface area contributed by atoms with Crippen LogP contribution in [0.25, 0.3) is 0 Å². The summed E-state index contributed by atoms with van der Waals surface area (Å²) in [4.78, 5) is 67.0. The van der Waals surface area contributed by atoms with E-state index in [4.69, 9.17) is 9.47 Å². The normalized spacial score (nSPS) is 23.4. The minimum Gasteiger partial charge on any atom is -0.790 e. The topological polar surface area (TPSA) is 256 Å². The Morgan fingerprint density at radius 1 is 0.711 bits per heavy atom. The third kappa shape index (κ3) is 24.4. The van der Waals surface area contributed by atoms with E-state index < -0.39 is 60.8 Å². The monoisotopic (exact) mass is 664 g/mol. The maximum Gasteiger partial charge on any atom is 1.00 e. The fraction of sp³-hybridized carbons (Fsp3) is 1.00. The molecule has 0 aromatic rings. The van der Waals surface area contributed by atoms with E-state index in [1.807, 2.05) is 13.8 Å². The summed E-state index contributed by atoms with van der Waals surface area (Å²) in [7, 11) is -17.9. The van der Waals surface area contributed by atoms with Crippen molar-refractivity contribution >= 4 is 23.5 Å². The van der Waals surface area contributed by atoms with Gasteiger partial charge in [-0.1, -0.05) is 26.7 Å². The molecule has 5 atom stereocenters. The molecule has 15 nitrogen and oxygen atoms in total. The van der Waals surface area contributed by atoms with Crippen LogP contribution >= 0.6 is 23.5 Å². The van der Waals surface area contributed by atoms with Crippen LogP contribution < -0.4 is 207 Å². The molecule has 0 amide bonds. The van der Waals surface area contributed by atoms with Crippen LogP contribution in [0.2, 0.25) is 0 Å². The van der Waals surface area contributed by atoms with Gasteiger partial charge in [-0.15, -0.1) is 0 Å². The number of hydrogen-bond acceptors (Lipinski definition) is 15. The van der Waals surface area contributed by atoms with E-state index in [-0.39, 0.29) is 190 Å². The Morgan fingerprint density at radius 2 is 1.08 bits per heavy atom. The number of aliphatic hydroxyl groups excluding tert-OH is 1. The zero-order valence-corrected chi connectivity index (χ0v) is 37.9. The molecule has 0 radical (unpaired) electrons. The molecule has 1 heterocycles. The summed E-state index contributed by atoms with van der Waals surface area (Å²) in [5.74, 6) is -0.0740. The Balaban J connectivity index is -0.000000427. The number of phosphoric acid groups is 3. The molecule has 0 bridgehead atoms. The van der Waals surface area contributed by atoms with Crippen LogP contribution in [0.1, 0.15) is 39.5 Å². The van der Waals surface area contributed by atoms with Crippen LogP contribution in [0.5, 0.6) is 0 Å². The van der Waals surface area contributed by atoms with Crippen LogP contribution in [-0.4, -0.2) is 49.0 Å². The molecule has 192 valence electrons. The number of rotatable bonds is 14.